The molecule has 0 bridgehead atoms. The summed E-state index contributed by atoms with van der Waals surface area (Å²) in [4.78, 5) is 28.2. The molecule has 0 amide bonds. The van der Waals surface area contributed by atoms with E-state index in [1.165, 1.54) is 10.9 Å². The van der Waals surface area contributed by atoms with Gasteiger partial charge in [0.2, 0.25) is 0 Å². The van der Waals surface area contributed by atoms with E-state index in [0.717, 1.165) is 24.2 Å². The van der Waals surface area contributed by atoms with Crippen LogP contribution in [-0.4, -0.2) is 32.3 Å². The summed E-state index contributed by atoms with van der Waals surface area (Å²) < 4.78 is 1.51. The first-order valence-corrected chi connectivity index (χ1v) is 7.20. The van der Waals surface area contributed by atoms with Crippen molar-refractivity contribution in [3.8, 4) is 0 Å². The molecule has 0 unspecified atom stereocenters. The van der Waals surface area contributed by atoms with Gasteiger partial charge in [-0.25, -0.2) is 9.78 Å². The molecule has 0 fully saturated rings. The minimum absolute atomic E-state index is 0.151. The van der Waals surface area contributed by atoms with Crippen molar-refractivity contribution in [2.45, 2.75) is 32.7 Å². The Bertz CT molecular complexity index is 689. The zero-order valence-electron chi connectivity index (χ0n) is 11.1. The fourth-order valence-electron chi connectivity index (χ4n) is 2.09. The van der Waals surface area contributed by atoms with E-state index in [-0.39, 0.29) is 17.0 Å². The zero-order valence-corrected chi connectivity index (χ0v) is 11.9. The predicted molar refractivity (Wildman–Crippen MR) is 76.5 cm³/mol. The van der Waals surface area contributed by atoms with Crippen LogP contribution in [0.5, 0.6) is 0 Å². The number of hydrogen-bond acceptors (Lipinski definition) is 5. The third-order valence-corrected chi connectivity index (χ3v) is 4.36. The van der Waals surface area contributed by atoms with Crippen LogP contribution in [0.3, 0.4) is 0 Å². The van der Waals surface area contributed by atoms with E-state index < -0.39 is 5.97 Å². The maximum atomic E-state index is 12.3. The molecule has 108 valence electrons. The van der Waals surface area contributed by atoms with Gasteiger partial charge in [-0.2, -0.15) is 0 Å². The molecular weight excluding hydrogens is 280 g/mol. The number of aromatic nitrogens is 2. The highest BCUT2D eigenvalue weighted by Crippen LogP contribution is 2.26. The molecule has 0 aliphatic rings. The normalized spacial score (nSPS) is 11.1. The van der Waals surface area contributed by atoms with Gasteiger partial charge in [0.25, 0.3) is 5.56 Å². The molecule has 0 saturated carbocycles. The Morgan fingerprint density at radius 3 is 2.80 bits per heavy atom. The van der Waals surface area contributed by atoms with Gasteiger partial charge >= 0.3 is 5.97 Å². The molecule has 2 N–H and O–H groups in total. The number of aryl methyl sites for hydroxylation is 2. The number of unbranched alkanes of at least 4 members (excludes halogenated alkanes) is 2. The minimum Gasteiger partial charge on any atom is -0.477 e. The molecule has 6 nitrogen and oxygen atoms in total. The highest BCUT2D eigenvalue weighted by Gasteiger charge is 2.18. The van der Waals surface area contributed by atoms with Crippen LogP contribution in [0.4, 0.5) is 0 Å². The Morgan fingerprint density at radius 2 is 2.15 bits per heavy atom. The van der Waals surface area contributed by atoms with Crippen LogP contribution in [0.15, 0.2) is 11.1 Å². The van der Waals surface area contributed by atoms with Gasteiger partial charge in [0.1, 0.15) is 9.71 Å². The van der Waals surface area contributed by atoms with Gasteiger partial charge in [-0.05, 0) is 31.7 Å². The molecule has 2 aromatic heterocycles. The van der Waals surface area contributed by atoms with Crippen LogP contribution in [0, 0.1) is 6.92 Å². The van der Waals surface area contributed by atoms with Crippen molar-refractivity contribution in [3.05, 3.63) is 27.1 Å². The number of aliphatic hydroxyl groups is 1. The van der Waals surface area contributed by atoms with Gasteiger partial charge in [0.05, 0.1) is 11.7 Å². The van der Waals surface area contributed by atoms with Gasteiger partial charge < -0.3 is 10.2 Å². The van der Waals surface area contributed by atoms with Crippen LogP contribution in [-0.2, 0) is 6.54 Å². The molecule has 2 aromatic rings. The Kier molecular flexibility index (Phi) is 4.51. The lowest BCUT2D eigenvalue weighted by Crippen LogP contribution is -2.20. The molecule has 20 heavy (non-hydrogen) atoms. The van der Waals surface area contributed by atoms with E-state index in [4.69, 9.17) is 10.2 Å². The van der Waals surface area contributed by atoms with Crippen molar-refractivity contribution in [3.63, 3.8) is 0 Å². The van der Waals surface area contributed by atoms with E-state index >= 15 is 0 Å². The standard InChI is InChI=1S/C13H16N2O4S/c1-8-9-11(20-10(8)13(18)19)14-7-15(12(9)17)5-3-2-4-6-16/h7,16H,2-6H2,1H3,(H,18,19). The molecule has 7 heteroatoms. The average Bonchev–Trinajstić information content (AvgIpc) is 2.75. The summed E-state index contributed by atoms with van der Waals surface area (Å²) in [6, 6.07) is 0. The lowest BCUT2D eigenvalue weighted by Gasteiger charge is -2.04. The molecule has 2 heterocycles. The number of carboxylic acid groups (broad SMARTS) is 1. The van der Waals surface area contributed by atoms with Gasteiger partial charge in [-0.3, -0.25) is 9.36 Å². The highest BCUT2D eigenvalue weighted by molar-refractivity contribution is 7.20. The summed E-state index contributed by atoms with van der Waals surface area (Å²) in [5.41, 5.74) is 0.292. The van der Waals surface area contributed by atoms with Gasteiger partial charge in [0, 0.05) is 13.2 Å². The van der Waals surface area contributed by atoms with Gasteiger partial charge in [-0.1, -0.05) is 0 Å². The molecule has 0 saturated heterocycles. The summed E-state index contributed by atoms with van der Waals surface area (Å²) in [5.74, 6) is -1.03. The third kappa shape index (κ3) is 2.73. The van der Waals surface area contributed by atoms with Crippen LogP contribution in [0.2, 0.25) is 0 Å². The monoisotopic (exact) mass is 296 g/mol. The van der Waals surface area contributed by atoms with Crippen molar-refractivity contribution in [1.82, 2.24) is 9.55 Å². The van der Waals surface area contributed by atoms with Crippen LogP contribution >= 0.6 is 11.3 Å². The Hall–Kier alpha value is -1.73. The second-order valence-corrected chi connectivity index (χ2v) is 5.57. The van der Waals surface area contributed by atoms with Crippen LogP contribution in [0.25, 0.3) is 10.2 Å². The molecule has 0 spiro atoms. The maximum Gasteiger partial charge on any atom is 0.346 e. The second kappa shape index (κ2) is 6.15. The van der Waals surface area contributed by atoms with Crippen molar-refractivity contribution in [2.24, 2.45) is 0 Å². The number of fused-ring (bicyclic) bond motifs is 1. The summed E-state index contributed by atoms with van der Waals surface area (Å²) >= 11 is 1.03. The third-order valence-electron chi connectivity index (χ3n) is 3.17. The topological polar surface area (TPSA) is 92.4 Å². The molecule has 0 atom stereocenters. The lowest BCUT2D eigenvalue weighted by molar-refractivity contribution is 0.0701. The van der Waals surface area contributed by atoms with Gasteiger partial charge in [-0.15, -0.1) is 11.3 Å². The van der Waals surface area contributed by atoms with Crippen molar-refractivity contribution < 1.29 is 15.0 Å². The number of aromatic carboxylic acids is 1. The van der Waals surface area contributed by atoms with Gasteiger partial charge in [0.15, 0.2) is 0 Å². The fourth-order valence-corrected chi connectivity index (χ4v) is 3.07. The Morgan fingerprint density at radius 1 is 1.40 bits per heavy atom. The molecule has 0 radical (unpaired) electrons. The fraction of sp³-hybridized carbons (Fsp3) is 0.462. The number of carboxylic acids is 1. The molecule has 2 rings (SSSR count). The van der Waals surface area contributed by atoms with E-state index in [2.05, 4.69) is 4.98 Å². The van der Waals surface area contributed by atoms with Crippen LogP contribution in [0.1, 0.15) is 34.5 Å². The van der Waals surface area contributed by atoms with E-state index in [1.807, 2.05) is 0 Å². The second-order valence-electron chi connectivity index (χ2n) is 4.57. The molecule has 0 aliphatic carbocycles. The van der Waals surface area contributed by atoms with E-state index in [1.54, 1.807) is 6.92 Å². The number of nitrogens with zero attached hydrogens (tertiary/aromatic N) is 2. The first-order chi connectivity index (χ1) is 9.56. The van der Waals surface area contributed by atoms with Crippen molar-refractivity contribution >= 4 is 27.5 Å². The maximum absolute atomic E-state index is 12.3. The summed E-state index contributed by atoms with van der Waals surface area (Å²) in [7, 11) is 0. The quantitative estimate of drug-likeness (QED) is 0.790. The number of hydrogen-bond donors (Lipinski definition) is 2. The largest absolute Gasteiger partial charge is 0.477 e. The summed E-state index contributed by atoms with van der Waals surface area (Å²) in [6.45, 7) is 2.32. The number of thiophene rings is 1. The molecule has 0 aromatic carbocycles. The van der Waals surface area contributed by atoms with Crippen LogP contribution < -0.4 is 5.56 Å². The minimum atomic E-state index is -1.03. The number of carbonyl (C=O) groups is 1. The molecular formula is C13H16N2O4S. The van der Waals surface area contributed by atoms with Crippen molar-refractivity contribution in [1.29, 1.82) is 0 Å². The number of aliphatic hydroxyl groups excluding tert-OH is 1. The van der Waals surface area contributed by atoms with E-state index in [9.17, 15) is 9.59 Å². The summed E-state index contributed by atoms with van der Waals surface area (Å²) in [6.07, 6.45) is 3.79. The highest BCUT2D eigenvalue weighted by atomic mass is 32.1. The van der Waals surface area contributed by atoms with E-state index in [0.29, 0.717) is 28.7 Å². The number of rotatable bonds is 6. The van der Waals surface area contributed by atoms with Crippen molar-refractivity contribution in [2.75, 3.05) is 6.61 Å². The molecule has 0 aliphatic heterocycles. The average molecular weight is 296 g/mol. The SMILES string of the molecule is Cc1c(C(=O)O)sc2ncn(CCCCCO)c(=O)c12. The predicted octanol–water partition coefficient (Wildman–Crippen LogP) is 1.63. The Labute approximate surface area is 119 Å². The first kappa shape index (κ1) is 14.7. The zero-order chi connectivity index (χ0) is 14.7. The first-order valence-electron chi connectivity index (χ1n) is 6.39. The lowest BCUT2D eigenvalue weighted by atomic mass is 10.2. The summed E-state index contributed by atoms with van der Waals surface area (Å²) in [5, 5.41) is 18.2. The smallest absolute Gasteiger partial charge is 0.346 e. The Balaban J connectivity index is 2.35.